The molecule has 2 aliphatic rings. The van der Waals surface area contributed by atoms with Crippen LogP contribution in [0.4, 0.5) is 17.1 Å². The first-order valence-electron chi connectivity index (χ1n) is 23.6. The fraction of sp³-hybridized carbons (Fsp3) is 0.0303. The molecule has 2 heteroatoms. The monoisotopic (exact) mass is 865 g/mol. The Balaban J connectivity index is 1.05. The highest BCUT2D eigenvalue weighted by atomic mass is 16.3. The molecule has 2 nitrogen and oxygen atoms in total. The second-order valence-corrected chi connectivity index (χ2v) is 18.3. The third-order valence-corrected chi connectivity index (χ3v) is 15.0. The van der Waals surface area contributed by atoms with Crippen molar-refractivity contribution in [2.45, 2.75) is 10.8 Å². The van der Waals surface area contributed by atoms with E-state index in [0.29, 0.717) is 0 Å². The number of hydrogen-bond donors (Lipinski definition) is 0. The van der Waals surface area contributed by atoms with Gasteiger partial charge in [-0.05, 0) is 132 Å². The van der Waals surface area contributed by atoms with Gasteiger partial charge in [0, 0.05) is 27.8 Å². The number of nitrogens with zero attached hydrogens (tertiary/aromatic N) is 1. The van der Waals surface area contributed by atoms with Gasteiger partial charge in [0.2, 0.25) is 0 Å². The summed E-state index contributed by atoms with van der Waals surface area (Å²) in [6.07, 6.45) is 0. The van der Waals surface area contributed by atoms with Gasteiger partial charge in [-0.3, -0.25) is 0 Å². The molecule has 14 rings (SSSR count). The summed E-state index contributed by atoms with van der Waals surface area (Å²) in [7, 11) is 0. The Kier molecular flexibility index (Phi) is 8.45. The predicted octanol–water partition coefficient (Wildman–Crippen LogP) is 16.9. The van der Waals surface area contributed by atoms with Crippen molar-refractivity contribution in [2.75, 3.05) is 4.90 Å². The number of para-hydroxylation sites is 1. The lowest BCUT2D eigenvalue weighted by molar-refractivity contribution is 0.668. The van der Waals surface area contributed by atoms with E-state index in [1.807, 2.05) is 6.07 Å². The van der Waals surface area contributed by atoms with Crippen LogP contribution in [0.3, 0.4) is 0 Å². The first-order chi connectivity index (χ1) is 33.7. The highest BCUT2D eigenvalue weighted by Gasteiger charge is 2.48. The Hall–Kier alpha value is -8.72. The zero-order valence-electron chi connectivity index (χ0n) is 37.2. The molecular weight excluding hydrogens is 823 g/mol. The maximum atomic E-state index is 6.44. The van der Waals surface area contributed by atoms with Gasteiger partial charge < -0.3 is 9.32 Å². The highest BCUT2D eigenvalue weighted by Crippen LogP contribution is 2.60. The summed E-state index contributed by atoms with van der Waals surface area (Å²) in [5.74, 6) is 0. The summed E-state index contributed by atoms with van der Waals surface area (Å²) in [5.41, 5.74) is 18.9. The summed E-state index contributed by atoms with van der Waals surface area (Å²) < 4.78 is 6.44. The van der Waals surface area contributed by atoms with E-state index in [-0.39, 0.29) is 0 Å². The second-order valence-electron chi connectivity index (χ2n) is 18.3. The molecule has 1 aromatic heterocycles. The van der Waals surface area contributed by atoms with Crippen molar-refractivity contribution in [2.24, 2.45) is 0 Å². The van der Waals surface area contributed by atoms with Gasteiger partial charge in [0.1, 0.15) is 11.2 Å². The topological polar surface area (TPSA) is 16.4 Å². The normalized spacial score (nSPS) is 15.2. The molecule has 0 N–H and O–H groups in total. The number of fused-ring (bicyclic) bond motifs is 10. The van der Waals surface area contributed by atoms with E-state index in [4.69, 9.17) is 4.42 Å². The minimum Gasteiger partial charge on any atom is -0.456 e. The van der Waals surface area contributed by atoms with Gasteiger partial charge in [-0.25, -0.2) is 0 Å². The van der Waals surface area contributed by atoms with Crippen LogP contribution < -0.4 is 4.90 Å². The van der Waals surface area contributed by atoms with Gasteiger partial charge in [-0.2, -0.15) is 0 Å². The molecule has 12 aromatic rings. The summed E-state index contributed by atoms with van der Waals surface area (Å²) >= 11 is 0. The van der Waals surface area contributed by atoms with Crippen LogP contribution in [0.15, 0.2) is 265 Å². The van der Waals surface area contributed by atoms with Gasteiger partial charge in [0.05, 0.1) is 10.8 Å². The summed E-state index contributed by atoms with van der Waals surface area (Å²) in [6, 6.07) is 96.5. The Bertz CT molecular complexity index is 3890. The lowest BCUT2D eigenvalue weighted by atomic mass is 9.67. The molecule has 0 radical (unpaired) electrons. The molecule has 0 amide bonds. The van der Waals surface area contributed by atoms with E-state index in [0.717, 1.165) is 39.0 Å². The molecule has 0 fully saturated rings. The SMILES string of the molecule is c1ccc(C2(c3ccccc3)c3ccccc3-c3ccc(N(c4ccc5c(c4)C(c4ccccc4)(c4ccc6oc7ccccc7c6c4)c4ccccc4-5)c4ccc5ccccc5c4)cc32)cc1. The molecule has 318 valence electrons. The van der Waals surface area contributed by atoms with Crippen LogP contribution in [0.5, 0.6) is 0 Å². The average Bonchev–Trinajstić information content (AvgIpc) is 4.04. The fourth-order valence-electron chi connectivity index (χ4n) is 12.2. The van der Waals surface area contributed by atoms with Crippen molar-refractivity contribution >= 4 is 49.8 Å². The first kappa shape index (κ1) is 38.5. The van der Waals surface area contributed by atoms with Gasteiger partial charge >= 0.3 is 0 Å². The molecule has 11 aromatic carbocycles. The highest BCUT2D eigenvalue weighted by molar-refractivity contribution is 6.06. The molecule has 2 aliphatic carbocycles. The fourth-order valence-corrected chi connectivity index (χ4v) is 12.2. The van der Waals surface area contributed by atoms with Crippen LogP contribution in [0.25, 0.3) is 55.0 Å². The maximum absolute atomic E-state index is 6.44. The molecular formula is C66H43NO. The number of hydrogen-bond acceptors (Lipinski definition) is 2. The first-order valence-corrected chi connectivity index (χ1v) is 23.6. The van der Waals surface area contributed by atoms with Gasteiger partial charge in [-0.15, -0.1) is 0 Å². The molecule has 1 atom stereocenters. The van der Waals surface area contributed by atoms with E-state index in [2.05, 4.69) is 260 Å². The van der Waals surface area contributed by atoms with E-state index in [1.54, 1.807) is 0 Å². The molecule has 0 saturated carbocycles. The molecule has 0 bridgehead atoms. The Morgan fingerprint density at radius 2 is 0.706 bits per heavy atom. The van der Waals surface area contributed by atoms with Crippen molar-refractivity contribution in [3.05, 3.63) is 305 Å². The molecule has 1 heterocycles. The maximum Gasteiger partial charge on any atom is 0.135 e. The van der Waals surface area contributed by atoms with Crippen LogP contribution in [0.1, 0.15) is 44.5 Å². The van der Waals surface area contributed by atoms with E-state index in [1.165, 1.54) is 77.5 Å². The quantitative estimate of drug-likeness (QED) is 0.159. The smallest absolute Gasteiger partial charge is 0.135 e. The molecule has 0 aliphatic heterocycles. The van der Waals surface area contributed by atoms with Crippen LogP contribution in [-0.4, -0.2) is 0 Å². The lowest BCUT2D eigenvalue weighted by Crippen LogP contribution is -2.29. The third kappa shape index (κ3) is 5.40. The summed E-state index contributed by atoms with van der Waals surface area (Å²) in [6.45, 7) is 0. The zero-order valence-corrected chi connectivity index (χ0v) is 37.2. The zero-order chi connectivity index (χ0) is 44.8. The molecule has 0 saturated heterocycles. The predicted molar refractivity (Wildman–Crippen MR) is 281 cm³/mol. The Morgan fingerprint density at radius 1 is 0.265 bits per heavy atom. The standard InChI is InChI=1S/C66H43NO/c1-4-20-46(21-5-1)65(47-22-6-2-7-23-47)59-29-15-12-26-53(59)55-37-35-51(42-61(55)65)67(50-34-32-44-18-10-11-19-45(44)40-50)52-36-38-56-54-27-13-16-30-60(54)66(62(56)43-52,48-24-8-3-9-25-48)49-33-39-64-58(41-49)57-28-14-17-31-63(57)68-64/h1-43H. The van der Waals surface area contributed by atoms with Crippen molar-refractivity contribution in [3.8, 4) is 22.3 Å². The second kappa shape index (κ2) is 14.9. The van der Waals surface area contributed by atoms with Gasteiger partial charge in [0.15, 0.2) is 0 Å². The number of furan rings is 1. The minimum atomic E-state index is -0.639. The van der Waals surface area contributed by atoms with Crippen molar-refractivity contribution < 1.29 is 4.42 Å². The van der Waals surface area contributed by atoms with Crippen molar-refractivity contribution in [1.29, 1.82) is 0 Å². The van der Waals surface area contributed by atoms with E-state index < -0.39 is 10.8 Å². The van der Waals surface area contributed by atoms with Crippen LogP contribution >= 0.6 is 0 Å². The van der Waals surface area contributed by atoms with Crippen molar-refractivity contribution in [1.82, 2.24) is 0 Å². The third-order valence-electron chi connectivity index (χ3n) is 15.0. The van der Waals surface area contributed by atoms with Crippen molar-refractivity contribution in [3.63, 3.8) is 0 Å². The van der Waals surface area contributed by atoms with E-state index in [9.17, 15) is 0 Å². The van der Waals surface area contributed by atoms with Gasteiger partial charge in [0.25, 0.3) is 0 Å². The number of benzene rings is 11. The summed E-state index contributed by atoms with van der Waals surface area (Å²) in [5, 5.41) is 4.64. The van der Waals surface area contributed by atoms with Crippen LogP contribution in [0.2, 0.25) is 0 Å². The van der Waals surface area contributed by atoms with Gasteiger partial charge in [-0.1, -0.05) is 206 Å². The number of anilines is 3. The molecule has 0 spiro atoms. The lowest BCUT2D eigenvalue weighted by Gasteiger charge is -2.36. The molecule has 68 heavy (non-hydrogen) atoms. The Labute approximate surface area is 395 Å². The largest absolute Gasteiger partial charge is 0.456 e. The average molecular weight is 866 g/mol. The van der Waals surface area contributed by atoms with Crippen LogP contribution in [0, 0.1) is 0 Å². The molecule has 1 unspecified atom stereocenters. The van der Waals surface area contributed by atoms with E-state index >= 15 is 0 Å². The minimum absolute atomic E-state index is 0.544. The summed E-state index contributed by atoms with van der Waals surface area (Å²) in [4.78, 5) is 2.49. The van der Waals surface area contributed by atoms with Crippen LogP contribution in [-0.2, 0) is 10.8 Å². The number of rotatable bonds is 7. The Morgan fingerprint density at radius 3 is 1.31 bits per heavy atom.